The number of nitrogens with two attached hydrogens (primary N) is 1. The third-order valence-corrected chi connectivity index (χ3v) is 4.59. The normalized spacial score (nSPS) is 17.8. The Bertz CT molecular complexity index is 358. The van der Waals surface area contributed by atoms with Crippen LogP contribution in [0.2, 0.25) is 0 Å². The molecular weight excluding hydrogens is 244 g/mol. The molecule has 18 heavy (non-hydrogen) atoms. The quantitative estimate of drug-likeness (QED) is 0.831. The molecule has 1 heterocycles. The van der Waals surface area contributed by atoms with E-state index in [1.807, 2.05) is 11.4 Å². The van der Waals surface area contributed by atoms with Crippen LogP contribution < -0.4 is 11.1 Å². The van der Waals surface area contributed by atoms with E-state index < -0.39 is 0 Å². The molecule has 0 bridgehead atoms. The van der Waals surface area contributed by atoms with Crippen molar-refractivity contribution >= 4 is 17.2 Å². The zero-order valence-electron chi connectivity index (χ0n) is 10.7. The summed E-state index contributed by atoms with van der Waals surface area (Å²) < 4.78 is 0. The van der Waals surface area contributed by atoms with Gasteiger partial charge in [-0.1, -0.05) is 18.9 Å². The number of carbonyl (C=O) groups is 1. The van der Waals surface area contributed by atoms with Gasteiger partial charge in [-0.3, -0.25) is 4.79 Å². The van der Waals surface area contributed by atoms with Crippen molar-refractivity contribution in [2.24, 2.45) is 5.73 Å². The minimum atomic E-state index is -0.00542. The molecule has 1 unspecified atom stereocenters. The lowest BCUT2D eigenvalue weighted by Crippen LogP contribution is -2.36. The van der Waals surface area contributed by atoms with Crippen LogP contribution in [0, 0.1) is 0 Å². The van der Waals surface area contributed by atoms with Gasteiger partial charge in [-0.05, 0) is 43.7 Å². The van der Waals surface area contributed by atoms with Crippen molar-refractivity contribution in [1.82, 2.24) is 5.32 Å². The van der Waals surface area contributed by atoms with E-state index in [1.165, 1.54) is 17.7 Å². The maximum Gasteiger partial charge on any atom is 0.228 e. The Morgan fingerprint density at radius 3 is 2.89 bits per heavy atom. The van der Waals surface area contributed by atoms with Crippen molar-refractivity contribution in [3.05, 3.63) is 22.4 Å². The van der Waals surface area contributed by atoms with Gasteiger partial charge in [0.2, 0.25) is 5.91 Å². The molecule has 2 rings (SSSR count). The minimum Gasteiger partial charge on any atom is -0.353 e. The summed E-state index contributed by atoms with van der Waals surface area (Å²) in [5.41, 5.74) is 5.57. The monoisotopic (exact) mass is 266 g/mol. The zero-order chi connectivity index (χ0) is 12.8. The largest absolute Gasteiger partial charge is 0.353 e. The van der Waals surface area contributed by atoms with Crippen molar-refractivity contribution < 1.29 is 4.79 Å². The summed E-state index contributed by atoms with van der Waals surface area (Å²) in [7, 11) is 0. The molecule has 0 saturated heterocycles. The van der Waals surface area contributed by atoms with Gasteiger partial charge in [0.1, 0.15) is 0 Å². The summed E-state index contributed by atoms with van der Waals surface area (Å²) in [6.45, 7) is 0.651. The van der Waals surface area contributed by atoms with E-state index in [4.69, 9.17) is 5.73 Å². The molecule has 1 fully saturated rings. The summed E-state index contributed by atoms with van der Waals surface area (Å²) in [6, 6.07) is 4.47. The number of hydrogen-bond donors (Lipinski definition) is 2. The molecule has 3 nitrogen and oxygen atoms in total. The third-order valence-electron chi connectivity index (χ3n) is 3.60. The highest BCUT2D eigenvalue weighted by Gasteiger charge is 2.24. The van der Waals surface area contributed by atoms with Gasteiger partial charge < -0.3 is 11.1 Å². The fourth-order valence-corrected chi connectivity index (χ4v) is 3.45. The lowest BCUT2D eigenvalue weighted by molar-refractivity contribution is -0.123. The van der Waals surface area contributed by atoms with Gasteiger partial charge in [-0.25, -0.2) is 0 Å². The Morgan fingerprint density at radius 1 is 1.50 bits per heavy atom. The molecule has 1 aliphatic rings. The molecule has 0 radical (unpaired) electrons. The van der Waals surface area contributed by atoms with Gasteiger partial charge in [0.15, 0.2) is 0 Å². The van der Waals surface area contributed by atoms with Crippen molar-refractivity contribution in [3.8, 4) is 0 Å². The van der Waals surface area contributed by atoms with Crippen LogP contribution in [-0.2, 0) is 4.79 Å². The molecular formula is C14H22N2OS. The van der Waals surface area contributed by atoms with Crippen LogP contribution in [0.3, 0.4) is 0 Å². The van der Waals surface area contributed by atoms with Gasteiger partial charge in [-0.15, -0.1) is 11.3 Å². The number of nitrogens with one attached hydrogen (secondary N) is 1. The number of carbonyl (C=O) groups excluding carboxylic acids is 1. The minimum absolute atomic E-state index is 0.00542. The van der Waals surface area contributed by atoms with E-state index in [1.54, 1.807) is 11.3 Å². The smallest absolute Gasteiger partial charge is 0.228 e. The number of amides is 1. The van der Waals surface area contributed by atoms with Crippen LogP contribution in [0.1, 0.15) is 49.3 Å². The second kappa shape index (κ2) is 6.90. The molecule has 1 aliphatic carbocycles. The van der Waals surface area contributed by atoms with Gasteiger partial charge >= 0.3 is 0 Å². The molecule has 4 heteroatoms. The Hall–Kier alpha value is -0.870. The van der Waals surface area contributed by atoms with Crippen molar-refractivity contribution in [2.45, 2.75) is 50.5 Å². The Balaban J connectivity index is 1.96. The predicted molar refractivity (Wildman–Crippen MR) is 75.7 cm³/mol. The topological polar surface area (TPSA) is 55.1 Å². The van der Waals surface area contributed by atoms with Gasteiger partial charge in [0.05, 0.1) is 5.92 Å². The molecule has 3 N–H and O–H groups in total. The van der Waals surface area contributed by atoms with Gasteiger partial charge in [-0.2, -0.15) is 0 Å². The summed E-state index contributed by atoms with van der Waals surface area (Å²) in [5, 5.41) is 5.24. The van der Waals surface area contributed by atoms with Gasteiger partial charge in [0, 0.05) is 10.9 Å². The second-order valence-electron chi connectivity index (χ2n) is 4.99. The Kier molecular flexibility index (Phi) is 5.20. The first-order valence-electron chi connectivity index (χ1n) is 6.85. The summed E-state index contributed by atoms with van der Waals surface area (Å²) in [5.74, 6) is 0.187. The molecule has 1 aromatic heterocycles. The average Bonchev–Trinajstić information content (AvgIpc) is 3.02. The van der Waals surface area contributed by atoms with Crippen molar-refractivity contribution in [1.29, 1.82) is 0 Å². The SMILES string of the molecule is NCCCC(C(=O)NC1CCCC1)c1cccs1. The average molecular weight is 266 g/mol. The second-order valence-corrected chi connectivity index (χ2v) is 5.97. The van der Waals surface area contributed by atoms with E-state index >= 15 is 0 Å². The maximum atomic E-state index is 12.4. The lowest BCUT2D eigenvalue weighted by Gasteiger charge is -2.18. The number of rotatable bonds is 6. The van der Waals surface area contributed by atoms with E-state index in [-0.39, 0.29) is 11.8 Å². The maximum absolute atomic E-state index is 12.4. The third kappa shape index (κ3) is 3.56. The molecule has 0 aliphatic heterocycles. The standard InChI is InChI=1S/C14H22N2OS/c15-9-3-7-12(13-8-4-10-18-13)14(17)16-11-5-1-2-6-11/h4,8,10-12H,1-3,5-7,9,15H2,(H,16,17). The number of thiophene rings is 1. The molecule has 1 aromatic rings. The first-order chi connectivity index (χ1) is 8.81. The summed E-state index contributed by atoms with van der Waals surface area (Å²) in [6.07, 6.45) is 6.53. The first kappa shape index (κ1) is 13.6. The van der Waals surface area contributed by atoms with Gasteiger partial charge in [0.25, 0.3) is 0 Å². The zero-order valence-corrected chi connectivity index (χ0v) is 11.5. The van der Waals surface area contributed by atoms with E-state index in [2.05, 4.69) is 11.4 Å². The predicted octanol–water partition coefficient (Wildman–Crippen LogP) is 2.63. The van der Waals surface area contributed by atoms with Crippen LogP contribution in [0.15, 0.2) is 17.5 Å². The van der Waals surface area contributed by atoms with Crippen LogP contribution in [0.25, 0.3) is 0 Å². The van der Waals surface area contributed by atoms with E-state index in [0.29, 0.717) is 12.6 Å². The van der Waals surface area contributed by atoms with E-state index in [0.717, 1.165) is 25.7 Å². The molecule has 0 aromatic carbocycles. The summed E-state index contributed by atoms with van der Waals surface area (Å²) >= 11 is 1.67. The van der Waals surface area contributed by atoms with Crippen LogP contribution >= 0.6 is 11.3 Å². The number of hydrogen-bond acceptors (Lipinski definition) is 3. The molecule has 100 valence electrons. The van der Waals surface area contributed by atoms with Crippen molar-refractivity contribution in [3.63, 3.8) is 0 Å². The summed E-state index contributed by atoms with van der Waals surface area (Å²) in [4.78, 5) is 13.5. The van der Waals surface area contributed by atoms with E-state index in [9.17, 15) is 4.79 Å². The molecule has 1 atom stereocenters. The highest BCUT2D eigenvalue weighted by molar-refractivity contribution is 7.10. The Labute approximate surface area is 113 Å². The highest BCUT2D eigenvalue weighted by Crippen LogP contribution is 2.27. The molecule has 1 amide bonds. The molecule has 0 spiro atoms. The lowest BCUT2D eigenvalue weighted by atomic mass is 9.99. The van der Waals surface area contributed by atoms with Crippen molar-refractivity contribution in [2.75, 3.05) is 6.54 Å². The fraction of sp³-hybridized carbons (Fsp3) is 0.643. The Morgan fingerprint density at radius 2 is 2.28 bits per heavy atom. The van der Waals surface area contributed by atoms with Crippen LogP contribution in [-0.4, -0.2) is 18.5 Å². The highest BCUT2D eigenvalue weighted by atomic mass is 32.1. The van der Waals surface area contributed by atoms with Crippen LogP contribution in [0.5, 0.6) is 0 Å². The molecule has 1 saturated carbocycles. The first-order valence-corrected chi connectivity index (χ1v) is 7.73. The fourth-order valence-electron chi connectivity index (χ4n) is 2.59. The van der Waals surface area contributed by atoms with Crippen LogP contribution in [0.4, 0.5) is 0 Å².